The van der Waals surface area contributed by atoms with E-state index in [9.17, 15) is 9.59 Å². The molecule has 0 aliphatic heterocycles. The Bertz CT molecular complexity index is 674. The third-order valence-electron chi connectivity index (χ3n) is 2.72. The van der Waals surface area contributed by atoms with E-state index in [0.29, 0.717) is 17.0 Å². The van der Waals surface area contributed by atoms with Crippen LogP contribution < -0.4 is 5.32 Å². The van der Waals surface area contributed by atoms with E-state index in [1.807, 2.05) is 0 Å². The standard InChI is InChI=1S/C13H11ClN2O4/c1-6-11(7(2)20-16-6)12(17)15-10-5-8(13(18)19)3-4-9(10)14/h3-5H,1-2H3,(H,15,17)(H,18,19). The van der Waals surface area contributed by atoms with Crippen LogP contribution in [0.15, 0.2) is 22.7 Å². The Hall–Kier alpha value is -2.34. The zero-order valence-electron chi connectivity index (χ0n) is 10.7. The maximum atomic E-state index is 12.1. The summed E-state index contributed by atoms with van der Waals surface area (Å²) in [6, 6.07) is 4.06. The zero-order valence-corrected chi connectivity index (χ0v) is 11.5. The van der Waals surface area contributed by atoms with Gasteiger partial charge in [0.2, 0.25) is 0 Å². The molecule has 2 N–H and O–H groups in total. The van der Waals surface area contributed by atoms with E-state index in [1.54, 1.807) is 13.8 Å². The lowest BCUT2D eigenvalue weighted by atomic mass is 10.1. The van der Waals surface area contributed by atoms with Crippen LogP contribution in [0.2, 0.25) is 5.02 Å². The summed E-state index contributed by atoms with van der Waals surface area (Å²) in [6.45, 7) is 3.25. The van der Waals surface area contributed by atoms with E-state index in [4.69, 9.17) is 21.2 Å². The number of amides is 1. The van der Waals surface area contributed by atoms with Crippen molar-refractivity contribution in [2.45, 2.75) is 13.8 Å². The van der Waals surface area contributed by atoms with Crippen molar-refractivity contribution in [1.29, 1.82) is 0 Å². The predicted octanol–water partition coefficient (Wildman–Crippen LogP) is 2.90. The number of halogens is 1. The second kappa shape index (κ2) is 5.34. The molecule has 0 radical (unpaired) electrons. The number of carbonyl (C=O) groups is 2. The number of rotatable bonds is 3. The number of hydrogen-bond donors (Lipinski definition) is 2. The first-order valence-corrected chi connectivity index (χ1v) is 6.05. The first-order chi connectivity index (χ1) is 9.40. The average Bonchev–Trinajstić information content (AvgIpc) is 2.71. The average molecular weight is 295 g/mol. The van der Waals surface area contributed by atoms with Crippen LogP contribution in [0.3, 0.4) is 0 Å². The molecular weight excluding hydrogens is 284 g/mol. The highest BCUT2D eigenvalue weighted by Gasteiger charge is 2.19. The lowest BCUT2D eigenvalue weighted by Crippen LogP contribution is -2.14. The highest BCUT2D eigenvalue weighted by molar-refractivity contribution is 6.34. The van der Waals surface area contributed by atoms with Crippen LogP contribution in [0.5, 0.6) is 0 Å². The third-order valence-corrected chi connectivity index (χ3v) is 3.05. The Morgan fingerprint density at radius 1 is 1.35 bits per heavy atom. The van der Waals surface area contributed by atoms with Gasteiger partial charge in [0.25, 0.3) is 5.91 Å². The number of nitrogens with zero attached hydrogens (tertiary/aromatic N) is 1. The molecule has 0 atom stereocenters. The van der Waals surface area contributed by atoms with Gasteiger partial charge in [0, 0.05) is 0 Å². The Labute approximate surface area is 119 Å². The molecule has 104 valence electrons. The molecule has 2 aromatic rings. The summed E-state index contributed by atoms with van der Waals surface area (Å²) in [7, 11) is 0. The summed E-state index contributed by atoms with van der Waals surface area (Å²) in [5, 5.41) is 15.4. The molecule has 20 heavy (non-hydrogen) atoms. The van der Waals surface area contributed by atoms with Crippen LogP contribution >= 0.6 is 11.6 Å². The van der Waals surface area contributed by atoms with Gasteiger partial charge in [-0.05, 0) is 32.0 Å². The van der Waals surface area contributed by atoms with Gasteiger partial charge >= 0.3 is 5.97 Å². The molecule has 0 fully saturated rings. The summed E-state index contributed by atoms with van der Waals surface area (Å²) in [5.41, 5.74) is 1.01. The number of aromatic nitrogens is 1. The molecular formula is C13H11ClN2O4. The molecule has 1 aromatic carbocycles. The largest absolute Gasteiger partial charge is 0.478 e. The number of aromatic carboxylic acids is 1. The number of aryl methyl sites for hydroxylation is 2. The highest BCUT2D eigenvalue weighted by atomic mass is 35.5. The van der Waals surface area contributed by atoms with E-state index in [1.165, 1.54) is 18.2 Å². The number of nitrogens with one attached hydrogen (secondary N) is 1. The lowest BCUT2D eigenvalue weighted by Gasteiger charge is -2.07. The Morgan fingerprint density at radius 2 is 2.05 bits per heavy atom. The normalized spacial score (nSPS) is 10.3. The first-order valence-electron chi connectivity index (χ1n) is 5.67. The minimum absolute atomic E-state index is 0.0310. The van der Waals surface area contributed by atoms with Crippen molar-refractivity contribution in [3.63, 3.8) is 0 Å². The van der Waals surface area contributed by atoms with Crippen molar-refractivity contribution in [3.05, 3.63) is 45.8 Å². The van der Waals surface area contributed by atoms with E-state index < -0.39 is 11.9 Å². The summed E-state index contributed by atoms with van der Waals surface area (Å²) >= 11 is 5.94. The molecule has 0 saturated heterocycles. The van der Waals surface area contributed by atoms with Crippen molar-refractivity contribution < 1.29 is 19.2 Å². The number of carboxylic acids is 1. The molecule has 6 nitrogen and oxygen atoms in total. The van der Waals surface area contributed by atoms with Crippen LogP contribution in [0.4, 0.5) is 5.69 Å². The lowest BCUT2D eigenvalue weighted by molar-refractivity contribution is 0.0696. The highest BCUT2D eigenvalue weighted by Crippen LogP contribution is 2.24. The number of carbonyl (C=O) groups excluding carboxylic acids is 1. The number of carboxylic acid groups (broad SMARTS) is 1. The van der Waals surface area contributed by atoms with Crippen LogP contribution in [0, 0.1) is 13.8 Å². The maximum absolute atomic E-state index is 12.1. The molecule has 1 amide bonds. The summed E-state index contributed by atoms with van der Waals surface area (Å²) in [4.78, 5) is 23.0. The summed E-state index contributed by atoms with van der Waals surface area (Å²) in [5.74, 6) is -1.18. The van der Waals surface area contributed by atoms with E-state index in [2.05, 4.69) is 10.5 Å². The summed E-state index contributed by atoms with van der Waals surface area (Å²) < 4.78 is 4.91. The Morgan fingerprint density at radius 3 is 2.60 bits per heavy atom. The second-order valence-corrected chi connectivity index (χ2v) is 4.56. The van der Waals surface area contributed by atoms with Gasteiger partial charge in [-0.15, -0.1) is 0 Å². The quantitative estimate of drug-likeness (QED) is 0.908. The van der Waals surface area contributed by atoms with Crippen molar-refractivity contribution in [3.8, 4) is 0 Å². The van der Waals surface area contributed by atoms with Crippen molar-refractivity contribution in [1.82, 2.24) is 5.16 Å². The summed E-state index contributed by atoms with van der Waals surface area (Å²) in [6.07, 6.45) is 0. The van der Waals surface area contributed by atoms with E-state index >= 15 is 0 Å². The van der Waals surface area contributed by atoms with E-state index in [0.717, 1.165) is 0 Å². The van der Waals surface area contributed by atoms with Crippen molar-refractivity contribution in [2.24, 2.45) is 0 Å². The van der Waals surface area contributed by atoms with Crippen molar-refractivity contribution in [2.75, 3.05) is 5.32 Å². The number of hydrogen-bond acceptors (Lipinski definition) is 4. The van der Waals surface area contributed by atoms with Crippen LogP contribution in [-0.2, 0) is 0 Å². The van der Waals surface area contributed by atoms with Crippen LogP contribution in [0.1, 0.15) is 32.2 Å². The molecule has 1 aromatic heterocycles. The minimum atomic E-state index is -1.10. The Kier molecular flexibility index (Phi) is 3.76. The van der Waals surface area contributed by atoms with E-state index in [-0.39, 0.29) is 16.3 Å². The third kappa shape index (κ3) is 2.65. The molecule has 0 aliphatic carbocycles. The fourth-order valence-corrected chi connectivity index (χ4v) is 1.91. The topological polar surface area (TPSA) is 92.4 Å². The van der Waals surface area contributed by atoms with Gasteiger partial charge in [0.1, 0.15) is 11.3 Å². The van der Waals surface area contributed by atoms with Crippen molar-refractivity contribution >= 4 is 29.2 Å². The van der Waals surface area contributed by atoms with Gasteiger partial charge in [-0.2, -0.15) is 0 Å². The van der Waals surface area contributed by atoms with Gasteiger partial charge in [-0.1, -0.05) is 16.8 Å². The molecule has 2 rings (SSSR count). The minimum Gasteiger partial charge on any atom is -0.478 e. The van der Waals surface area contributed by atoms with Crippen LogP contribution in [0.25, 0.3) is 0 Å². The van der Waals surface area contributed by atoms with Gasteiger partial charge < -0.3 is 14.9 Å². The van der Waals surface area contributed by atoms with Gasteiger partial charge in [-0.3, -0.25) is 4.79 Å². The smallest absolute Gasteiger partial charge is 0.335 e. The predicted molar refractivity (Wildman–Crippen MR) is 72.3 cm³/mol. The molecule has 0 saturated carbocycles. The fraction of sp³-hybridized carbons (Fsp3) is 0.154. The Balaban J connectivity index is 2.33. The molecule has 0 aliphatic rings. The maximum Gasteiger partial charge on any atom is 0.335 e. The molecule has 7 heteroatoms. The monoisotopic (exact) mass is 294 g/mol. The molecule has 0 bridgehead atoms. The fourth-order valence-electron chi connectivity index (χ4n) is 1.75. The molecule has 1 heterocycles. The van der Waals surface area contributed by atoms with Gasteiger partial charge in [0.15, 0.2) is 0 Å². The SMILES string of the molecule is Cc1noc(C)c1C(=O)Nc1cc(C(=O)O)ccc1Cl. The molecule has 0 spiro atoms. The van der Waals surface area contributed by atoms with Gasteiger partial charge in [0.05, 0.1) is 22.0 Å². The number of anilines is 1. The second-order valence-electron chi connectivity index (χ2n) is 4.15. The molecule has 0 unspecified atom stereocenters. The van der Waals surface area contributed by atoms with Crippen LogP contribution in [-0.4, -0.2) is 22.1 Å². The van der Waals surface area contributed by atoms with Gasteiger partial charge in [-0.25, -0.2) is 4.79 Å². The zero-order chi connectivity index (χ0) is 14.9. The number of benzene rings is 1. The first kappa shape index (κ1) is 14.1.